The Bertz CT molecular complexity index is 437. The van der Waals surface area contributed by atoms with E-state index in [9.17, 15) is 0 Å². The lowest BCUT2D eigenvalue weighted by Crippen LogP contribution is -1.90. The maximum atomic E-state index is 3.19. The molecule has 1 N–H and O–H groups in total. The molecule has 0 atom stereocenters. The molecule has 0 radical (unpaired) electrons. The molecule has 2 heteroatoms. The van der Waals surface area contributed by atoms with Crippen LogP contribution in [0.25, 0.3) is 10.8 Å². The highest BCUT2D eigenvalue weighted by atomic mass is 127. The summed E-state index contributed by atoms with van der Waals surface area (Å²) in [6, 6.07) is 12.7. The molecular weight excluding hydrogens is 273 g/mol. The van der Waals surface area contributed by atoms with Crippen LogP contribution in [-0.4, -0.2) is 7.05 Å². The van der Waals surface area contributed by atoms with E-state index >= 15 is 0 Å². The Labute approximate surface area is 91.3 Å². The van der Waals surface area contributed by atoms with Gasteiger partial charge in [0, 0.05) is 21.7 Å². The van der Waals surface area contributed by atoms with Crippen molar-refractivity contribution in [2.75, 3.05) is 12.4 Å². The number of nitrogens with one attached hydrogen (secondary N) is 1. The molecule has 0 unspecified atom stereocenters. The van der Waals surface area contributed by atoms with Gasteiger partial charge in [0.1, 0.15) is 0 Å². The molecule has 2 rings (SSSR count). The molecule has 1 nitrogen and oxygen atoms in total. The van der Waals surface area contributed by atoms with E-state index < -0.39 is 0 Å². The fraction of sp³-hybridized carbons (Fsp3) is 0.0909. The molecule has 0 saturated heterocycles. The molecule has 0 fully saturated rings. The summed E-state index contributed by atoms with van der Waals surface area (Å²) in [5, 5.41) is 5.80. The first-order valence-corrected chi connectivity index (χ1v) is 5.26. The van der Waals surface area contributed by atoms with Crippen LogP contribution in [0.2, 0.25) is 0 Å². The summed E-state index contributed by atoms with van der Waals surface area (Å²) in [6.07, 6.45) is 0. The fourth-order valence-electron chi connectivity index (χ4n) is 1.48. The molecule has 0 aliphatic rings. The Balaban J connectivity index is 2.84. The SMILES string of the molecule is CNc1ccc(I)c2ccccc12. The Morgan fingerprint density at radius 3 is 2.38 bits per heavy atom. The molecular formula is C11H10IN. The van der Waals surface area contributed by atoms with E-state index in [1.807, 2.05) is 7.05 Å². The fourth-order valence-corrected chi connectivity index (χ4v) is 2.13. The van der Waals surface area contributed by atoms with Crippen molar-refractivity contribution in [3.8, 4) is 0 Å². The third-order valence-electron chi connectivity index (χ3n) is 2.14. The molecule has 0 amide bonds. The van der Waals surface area contributed by atoms with Gasteiger partial charge in [0.2, 0.25) is 0 Å². The van der Waals surface area contributed by atoms with Gasteiger partial charge in [-0.1, -0.05) is 24.3 Å². The van der Waals surface area contributed by atoms with Crippen LogP contribution in [0.3, 0.4) is 0 Å². The Morgan fingerprint density at radius 2 is 1.69 bits per heavy atom. The highest BCUT2D eigenvalue weighted by molar-refractivity contribution is 14.1. The molecule has 0 aliphatic heterocycles. The average molecular weight is 283 g/mol. The quantitative estimate of drug-likeness (QED) is 0.790. The minimum Gasteiger partial charge on any atom is -0.388 e. The summed E-state index contributed by atoms with van der Waals surface area (Å²) in [6.45, 7) is 0. The van der Waals surface area contributed by atoms with Crippen LogP contribution in [0.15, 0.2) is 36.4 Å². The van der Waals surface area contributed by atoms with Crippen LogP contribution in [0, 0.1) is 3.57 Å². The number of hydrogen-bond acceptors (Lipinski definition) is 1. The van der Waals surface area contributed by atoms with Gasteiger partial charge in [-0.15, -0.1) is 0 Å². The number of benzene rings is 2. The van der Waals surface area contributed by atoms with Crippen LogP contribution in [0.1, 0.15) is 0 Å². The second-order valence-electron chi connectivity index (χ2n) is 2.89. The molecule has 0 saturated carbocycles. The summed E-state index contributed by atoms with van der Waals surface area (Å²) in [4.78, 5) is 0. The number of fused-ring (bicyclic) bond motifs is 1. The number of halogens is 1. The second-order valence-corrected chi connectivity index (χ2v) is 4.05. The van der Waals surface area contributed by atoms with Crippen LogP contribution in [-0.2, 0) is 0 Å². The van der Waals surface area contributed by atoms with Gasteiger partial charge in [0.05, 0.1) is 0 Å². The van der Waals surface area contributed by atoms with E-state index in [1.54, 1.807) is 0 Å². The van der Waals surface area contributed by atoms with Crippen LogP contribution < -0.4 is 5.32 Å². The smallest absolute Gasteiger partial charge is 0.0418 e. The highest BCUT2D eigenvalue weighted by Crippen LogP contribution is 2.26. The third-order valence-corrected chi connectivity index (χ3v) is 3.08. The standard InChI is InChI=1S/C11H10IN/c1-13-11-7-6-10(12)8-4-2-3-5-9(8)11/h2-7,13H,1H3. The molecule has 0 heterocycles. The molecule has 13 heavy (non-hydrogen) atoms. The van der Waals surface area contributed by atoms with Crippen molar-refractivity contribution < 1.29 is 0 Å². The van der Waals surface area contributed by atoms with E-state index in [2.05, 4.69) is 64.3 Å². The van der Waals surface area contributed by atoms with Gasteiger partial charge >= 0.3 is 0 Å². The average Bonchev–Trinajstić information content (AvgIpc) is 2.19. The van der Waals surface area contributed by atoms with E-state index in [0.29, 0.717) is 0 Å². The maximum absolute atomic E-state index is 3.19. The van der Waals surface area contributed by atoms with Crippen LogP contribution in [0.4, 0.5) is 5.69 Å². The summed E-state index contributed by atoms with van der Waals surface area (Å²) >= 11 is 2.36. The van der Waals surface area contributed by atoms with Crippen LogP contribution >= 0.6 is 22.6 Å². The van der Waals surface area contributed by atoms with Gasteiger partial charge < -0.3 is 5.32 Å². The van der Waals surface area contributed by atoms with Crippen molar-refractivity contribution in [3.05, 3.63) is 40.0 Å². The van der Waals surface area contributed by atoms with Crippen molar-refractivity contribution in [2.24, 2.45) is 0 Å². The van der Waals surface area contributed by atoms with Crippen molar-refractivity contribution in [3.63, 3.8) is 0 Å². The first-order chi connectivity index (χ1) is 6.33. The third kappa shape index (κ3) is 1.50. The van der Waals surface area contributed by atoms with E-state index in [4.69, 9.17) is 0 Å². The monoisotopic (exact) mass is 283 g/mol. The largest absolute Gasteiger partial charge is 0.388 e. The zero-order valence-electron chi connectivity index (χ0n) is 7.34. The minimum atomic E-state index is 1.19. The number of anilines is 1. The van der Waals surface area contributed by atoms with E-state index in [-0.39, 0.29) is 0 Å². The van der Waals surface area contributed by atoms with Crippen LogP contribution in [0.5, 0.6) is 0 Å². The van der Waals surface area contributed by atoms with Crippen molar-refractivity contribution in [1.29, 1.82) is 0 Å². The van der Waals surface area contributed by atoms with Gasteiger partial charge in [-0.25, -0.2) is 0 Å². The summed E-state index contributed by atoms with van der Waals surface area (Å²) in [5.74, 6) is 0. The van der Waals surface area contributed by atoms with Gasteiger partial charge in [-0.3, -0.25) is 0 Å². The van der Waals surface area contributed by atoms with Gasteiger partial charge in [-0.05, 0) is 40.1 Å². The molecule has 0 aromatic heterocycles. The van der Waals surface area contributed by atoms with Gasteiger partial charge in [-0.2, -0.15) is 0 Å². The molecule has 0 bridgehead atoms. The van der Waals surface area contributed by atoms with Gasteiger partial charge in [0.15, 0.2) is 0 Å². The van der Waals surface area contributed by atoms with E-state index in [0.717, 1.165) is 0 Å². The topological polar surface area (TPSA) is 12.0 Å². The Morgan fingerprint density at radius 1 is 1.00 bits per heavy atom. The van der Waals surface area contributed by atoms with Crippen molar-refractivity contribution in [1.82, 2.24) is 0 Å². The molecule has 2 aromatic carbocycles. The first-order valence-electron chi connectivity index (χ1n) is 4.18. The highest BCUT2D eigenvalue weighted by Gasteiger charge is 2.00. The summed E-state index contributed by atoms with van der Waals surface area (Å²) < 4.78 is 1.30. The molecule has 2 aromatic rings. The Hall–Kier alpha value is -0.770. The summed E-state index contributed by atoms with van der Waals surface area (Å²) in [5.41, 5.74) is 1.19. The maximum Gasteiger partial charge on any atom is 0.0418 e. The van der Waals surface area contributed by atoms with Gasteiger partial charge in [0.25, 0.3) is 0 Å². The molecule has 0 aliphatic carbocycles. The normalized spacial score (nSPS) is 10.3. The summed E-state index contributed by atoms with van der Waals surface area (Å²) in [7, 11) is 1.95. The predicted octanol–water partition coefficient (Wildman–Crippen LogP) is 3.49. The lowest BCUT2D eigenvalue weighted by atomic mass is 10.1. The Kier molecular flexibility index (Phi) is 2.40. The van der Waals surface area contributed by atoms with Crippen molar-refractivity contribution in [2.45, 2.75) is 0 Å². The molecule has 0 spiro atoms. The second kappa shape index (κ2) is 3.54. The van der Waals surface area contributed by atoms with E-state index in [1.165, 1.54) is 20.0 Å². The number of hydrogen-bond donors (Lipinski definition) is 1. The minimum absolute atomic E-state index is 1.19. The first kappa shape index (κ1) is 8.81. The zero-order chi connectivity index (χ0) is 9.26. The van der Waals surface area contributed by atoms with Crippen molar-refractivity contribution >= 4 is 39.1 Å². The zero-order valence-corrected chi connectivity index (χ0v) is 9.50. The number of rotatable bonds is 1. The predicted molar refractivity (Wildman–Crippen MR) is 66.2 cm³/mol. The lowest BCUT2D eigenvalue weighted by molar-refractivity contribution is 1.54. The lowest BCUT2D eigenvalue weighted by Gasteiger charge is -2.06. The molecule has 66 valence electrons.